The van der Waals surface area contributed by atoms with Crippen molar-refractivity contribution in [1.29, 1.82) is 0 Å². The van der Waals surface area contributed by atoms with Crippen LogP contribution in [0.2, 0.25) is 0 Å². The van der Waals surface area contributed by atoms with E-state index in [-0.39, 0.29) is 29.1 Å². The first-order chi connectivity index (χ1) is 12.0. The quantitative estimate of drug-likeness (QED) is 0.803. The fourth-order valence-electron chi connectivity index (χ4n) is 2.66. The summed E-state index contributed by atoms with van der Waals surface area (Å²) in [5, 5.41) is 3.95. The lowest BCUT2D eigenvalue weighted by Gasteiger charge is -2.17. The lowest BCUT2D eigenvalue weighted by molar-refractivity contribution is 0.0761. The molecule has 0 aliphatic carbocycles. The number of ether oxygens (including phenoxy) is 1. The Hall–Kier alpha value is -2.84. The van der Waals surface area contributed by atoms with Gasteiger partial charge in [0, 0.05) is 26.1 Å². The molecule has 2 aromatic rings. The van der Waals surface area contributed by atoms with E-state index in [1.54, 1.807) is 11.8 Å². The Labute approximate surface area is 143 Å². The largest absolute Gasteiger partial charge is 0.470 e. The number of aromatic nitrogens is 4. The van der Waals surface area contributed by atoms with Crippen LogP contribution in [0, 0.1) is 5.82 Å². The van der Waals surface area contributed by atoms with Gasteiger partial charge in [-0.3, -0.25) is 9.59 Å². The highest BCUT2D eigenvalue weighted by molar-refractivity contribution is 5.92. The molecule has 0 spiro atoms. The highest BCUT2D eigenvalue weighted by Gasteiger charge is 2.30. The van der Waals surface area contributed by atoms with Crippen LogP contribution in [0.4, 0.5) is 4.39 Å². The number of hydrogen-bond donors (Lipinski definition) is 0. The zero-order chi connectivity index (χ0) is 18.0. The van der Waals surface area contributed by atoms with Crippen LogP contribution in [0.1, 0.15) is 29.5 Å². The Kier molecular flexibility index (Phi) is 4.73. The van der Waals surface area contributed by atoms with E-state index in [0.29, 0.717) is 31.6 Å². The highest BCUT2D eigenvalue weighted by atomic mass is 19.1. The molecule has 0 N–H and O–H groups in total. The van der Waals surface area contributed by atoms with Crippen LogP contribution < -0.4 is 10.3 Å². The summed E-state index contributed by atoms with van der Waals surface area (Å²) in [6.45, 7) is 2.56. The molecular weight excluding hydrogens is 329 g/mol. The predicted octanol–water partition coefficient (Wildman–Crippen LogP) is 0.565. The van der Waals surface area contributed by atoms with Crippen molar-refractivity contribution in [2.75, 3.05) is 13.1 Å². The van der Waals surface area contributed by atoms with Gasteiger partial charge in [0.2, 0.25) is 5.82 Å². The minimum Gasteiger partial charge on any atom is -0.470 e. The predicted molar refractivity (Wildman–Crippen MR) is 85.8 cm³/mol. The number of carbonyl (C=O) groups is 1. The summed E-state index contributed by atoms with van der Waals surface area (Å²) in [5.41, 5.74) is 0.194. The van der Waals surface area contributed by atoms with E-state index in [4.69, 9.17) is 4.74 Å². The molecule has 3 heterocycles. The third-order valence-corrected chi connectivity index (χ3v) is 4.05. The molecule has 0 bridgehead atoms. The minimum atomic E-state index is -0.561. The number of amides is 1. The fraction of sp³-hybridized carbons (Fsp3) is 0.438. The van der Waals surface area contributed by atoms with Crippen LogP contribution in [0.15, 0.2) is 23.3 Å². The molecule has 0 radical (unpaired) electrons. The van der Waals surface area contributed by atoms with Crippen LogP contribution in [0.5, 0.6) is 5.88 Å². The molecular formula is C16H18FN5O3. The van der Waals surface area contributed by atoms with Gasteiger partial charge in [-0.15, -0.1) is 0 Å². The topological polar surface area (TPSA) is 90.2 Å². The number of halogens is 1. The molecule has 0 aromatic carbocycles. The normalized spacial score (nSPS) is 16.9. The zero-order valence-corrected chi connectivity index (χ0v) is 14.0. The smallest absolute Gasteiger partial charge is 0.274 e. The zero-order valence-electron chi connectivity index (χ0n) is 14.0. The number of aryl methyl sites for hydroxylation is 2. The molecule has 132 valence electrons. The van der Waals surface area contributed by atoms with Gasteiger partial charge in [-0.1, -0.05) is 6.92 Å². The van der Waals surface area contributed by atoms with Gasteiger partial charge in [0.25, 0.3) is 17.3 Å². The van der Waals surface area contributed by atoms with E-state index in [9.17, 15) is 14.0 Å². The number of hydrogen-bond acceptors (Lipinski definition) is 6. The maximum atomic E-state index is 14.2. The van der Waals surface area contributed by atoms with Crippen molar-refractivity contribution >= 4 is 5.91 Å². The van der Waals surface area contributed by atoms with Gasteiger partial charge in [0.1, 0.15) is 18.1 Å². The molecule has 1 atom stereocenters. The van der Waals surface area contributed by atoms with Crippen molar-refractivity contribution in [2.24, 2.45) is 7.05 Å². The van der Waals surface area contributed by atoms with Crippen LogP contribution in [-0.4, -0.2) is 49.7 Å². The minimum absolute atomic E-state index is 0.0913. The van der Waals surface area contributed by atoms with Gasteiger partial charge in [-0.2, -0.15) is 14.5 Å². The number of carbonyl (C=O) groups excluding carboxylic acids is 1. The van der Waals surface area contributed by atoms with Gasteiger partial charge in [-0.25, -0.2) is 9.67 Å². The first-order valence-electron chi connectivity index (χ1n) is 7.99. The molecule has 3 rings (SSSR count). The molecule has 1 saturated heterocycles. The third-order valence-electron chi connectivity index (χ3n) is 4.05. The lowest BCUT2D eigenvalue weighted by Crippen LogP contribution is -2.33. The summed E-state index contributed by atoms with van der Waals surface area (Å²) < 4.78 is 20.9. The van der Waals surface area contributed by atoms with E-state index in [2.05, 4.69) is 15.1 Å². The summed E-state index contributed by atoms with van der Waals surface area (Å²) in [6, 6.07) is 2.70. The first-order valence-corrected chi connectivity index (χ1v) is 7.99. The van der Waals surface area contributed by atoms with E-state index in [1.807, 2.05) is 0 Å². The monoisotopic (exact) mass is 347 g/mol. The molecule has 1 aliphatic heterocycles. The van der Waals surface area contributed by atoms with E-state index >= 15 is 0 Å². The molecule has 25 heavy (non-hydrogen) atoms. The standard InChI is InChI=1S/C16H18FN5O3/c1-3-11-14(17)15(19-9-18-11)25-10-6-7-22(8-10)16(24)12-4-5-13(23)21(2)20-12/h4-5,9-10H,3,6-8H2,1-2H3/t10-/m0/s1. The molecule has 0 unspecified atom stereocenters. The molecule has 1 fully saturated rings. The second-order valence-electron chi connectivity index (χ2n) is 5.75. The van der Waals surface area contributed by atoms with Crippen molar-refractivity contribution < 1.29 is 13.9 Å². The van der Waals surface area contributed by atoms with Crippen LogP contribution in [0.3, 0.4) is 0 Å². The van der Waals surface area contributed by atoms with Crippen molar-refractivity contribution in [3.8, 4) is 5.88 Å². The lowest BCUT2D eigenvalue weighted by atomic mass is 10.3. The highest BCUT2D eigenvalue weighted by Crippen LogP contribution is 2.21. The molecule has 0 saturated carbocycles. The SMILES string of the molecule is CCc1ncnc(O[C@H]2CCN(C(=O)c3ccc(=O)n(C)n3)C2)c1F. The van der Waals surface area contributed by atoms with Gasteiger partial charge in [-0.05, 0) is 12.5 Å². The van der Waals surface area contributed by atoms with Crippen LogP contribution >= 0.6 is 0 Å². The second kappa shape index (κ2) is 6.96. The number of rotatable bonds is 4. The summed E-state index contributed by atoms with van der Waals surface area (Å²) in [7, 11) is 1.48. The summed E-state index contributed by atoms with van der Waals surface area (Å²) >= 11 is 0. The second-order valence-corrected chi connectivity index (χ2v) is 5.75. The van der Waals surface area contributed by atoms with Crippen molar-refractivity contribution in [1.82, 2.24) is 24.6 Å². The fourth-order valence-corrected chi connectivity index (χ4v) is 2.66. The molecule has 1 amide bonds. The van der Waals surface area contributed by atoms with Gasteiger partial charge in [0.15, 0.2) is 0 Å². The Morgan fingerprint density at radius 2 is 2.20 bits per heavy atom. The number of likely N-dealkylation sites (tertiary alicyclic amines) is 1. The van der Waals surface area contributed by atoms with Gasteiger partial charge >= 0.3 is 0 Å². The van der Waals surface area contributed by atoms with E-state index in [0.717, 1.165) is 4.68 Å². The maximum absolute atomic E-state index is 14.2. The summed E-state index contributed by atoms with van der Waals surface area (Å²) in [5.74, 6) is -0.944. The van der Waals surface area contributed by atoms with E-state index in [1.165, 1.54) is 25.5 Å². The van der Waals surface area contributed by atoms with Crippen molar-refractivity contribution in [3.05, 3.63) is 46.0 Å². The molecule has 8 nitrogen and oxygen atoms in total. The Balaban J connectivity index is 1.68. The van der Waals surface area contributed by atoms with Crippen LogP contribution in [0.25, 0.3) is 0 Å². The summed E-state index contributed by atoms with van der Waals surface area (Å²) in [6.07, 6.45) is 1.91. The average Bonchev–Trinajstić information content (AvgIpc) is 3.07. The Bertz CT molecular complexity index is 854. The van der Waals surface area contributed by atoms with Gasteiger partial charge < -0.3 is 9.64 Å². The summed E-state index contributed by atoms with van der Waals surface area (Å²) in [4.78, 5) is 33.1. The molecule has 9 heteroatoms. The number of nitrogens with zero attached hydrogens (tertiary/aromatic N) is 5. The van der Waals surface area contributed by atoms with Crippen LogP contribution in [-0.2, 0) is 13.5 Å². The average molecular weight is 347 g/mol. The maximum Gasteiger partial charge on any atom is 0.274 e. The van der Waals surface area contributed by atoms with Crippen molar-refractivity contribution in [2.45, 2.75) is 25.9 Å². The van der Waals surface area contributed by atoms with E-state index < -0.39 is 5.82 Å². The first kappa shape index (κ1) is 17.0. The Morgan fingerprint density at radius 1 is 1.40 bits per heavy atom. The van der Waals surface area contributed by atoms with Crippen molar-refractivity contribution in [3.63, 3.8) is 0 Å². The molecule has 2 aromatic heterocycles. The molecule has 1 aliphatic rings. The van der Waals surface area contributed by atoms with Gasteiger partial charge in [0.05, 0.1) is 12.2 Å². The third kappa shape index (κ3) is 3.49. The Morgan fingerprint density at radius 3 is 2.92 bits per heavy atom.